The van der Waals surface area contributed by atoms with E-state index in [2.05, 4.69) is 4.98 Å². The predicted octanol–water partition coefficient (Wildman–Crippen LogP) is 4.49. The molecule has 0 aliphatic heterocycles. The van der Waals surface area contributed by atoms with Crippen LogP contribution in [-0.4, -0.2) is 18.2 Å². The van der Waals surface area contributed by atoms with Gasteiger partial charge in [-0.05, 0) is 36.8 Å². The standard InChI is InChI=1S/C23H22N2O3/c1-18-6-4-7-19(23(18)27-15-12-24)17-28-22-10-5-9-21(16-22)26-14-11-20-8-2-3-13-25-20/h2-10,13,16H,11,14-15,17H2,1H3. The topological polar surface area (TPSA) is 64.4 Å². The van der Waals surface area contributed by atoms with E-state index in [0.717, 1.165) is 29.0 Å². The van der Waals surface area contributed by atoms with E-state index in [1.54, 1.807) is 6.20 Å². The number of nitriles is 1. The monoisotopic (exact) mass is 374 g/mol. The van der Waals surface area contributed by atoms with Crippen molar-refractivity contribution in [3.63, 3.8) is 0 Å². The molecule has 5 nitrogen and oxygen atoms in total. The van der Waals surface area contributed by atoms with E-state index in [1.165, 1.54) is 0 Å². The summed E-state index contributed by atoms with van der Waals surface area (Å²) in [6, 6.07) is 21.2. The zero-order valence-electron chi connectivity index (χ0n) is 15.8. The minimum absolute atomic E-state index is 0.0114. The molecule has 0 aliphatic carbocycles. The van der Waals surface area contributed by atoms with Gasteiger partial charge in [-0.15, -0.1) is 0 Å². The summed E-state index contributed by atoms with van der Waals surface area (Å²) in [4.78, 5) is 4.29. The Labute approximate surface area is 165 Å². The Morgan fingerprint density at radius 3 is 2.54 bits per heavy atom. The third kappa shape index (κ3) is 5.49. The lowest BCUT2D eigenvalue weighted by molar-refractivity contribution is 0.285. The van der Waals surface area contributed by atoms with Crippen molar-refractivity contribution in [1.82, 2.24) is 4.98 Å². The highest BCUT2D eigenvalue weighted by Gasteiger charge is 2.08. The van der Waals surface area contributed by atoms with Crippen LogP contribution in [0.15, 0.2) is 66.9 Å². The van der Waals surface area contributed by atoms with E-state index in [1.807, 2.05) is 73.7 Å². The molecule has 0 fully saturated rings. The fourth-order valence-corrected chi connectivity index (χ4v) is 2.77. The summed E-state index contributed by atoms with van der Waals surface area (Å²) in [6.07, 6.45) is 2.53. The molecule has 0 spiro atoms. The molecule has 1 heterocycles. The van der Waals surface area contributed by atoms with Crippen molar-refractivity contribution in [1.29, 1.82) is 5.26 Å². The largest absolute Gasteiger partial charge is 0.493 e. The Bertz CT molecular complexity index is 936. The average molecular weight is 374 g/mol. The molecule has 3 rings (SSSR count). The first-order chi connectivity index (χ1) is 13.8. The van der Waals surface area contributed by atoms with Crippen molar-refractivity contribution in [2.45, 2.75) is 20.0 Å². The van der Waals surface area contributed by atoms with Gasteiger partial charge in [-0.3, -0.25) is 4.98 Å². The molecule has 2 aromatic carbocycles. The van der Waals surface area contributed by atoms with Crippen molar-refractivity contribution < 1.29 is 14.2 Å². The Morgan fingerprint density at radius 1 is 0.929 bits per heavy atom. The maximum Gasteiger partial charge on any atom is 0.174 e. The van der Waals surface area contributed by atoms with Gasteiger partial charge in [0.1, 0.15) is 29.9 Å². The number of aromatic nitrogens is 1. The van der Waals surface area contributed by atoms with Crippen LogP contribution in [0.25, 0.3) is 0 Å². The van der Waals surface area contributed by atoms with Gasteiger partial charge >= 0.3 is 0 Å². The van der Waals surface area contributed by atoms with Crippen LogP contribution in [0, 0.1) is 18.3 Å². The summed E-state index contributed by atoms with van der Waals surface area (Å²) in [5, 5.41) is 8.77. The summed E-state index contributed by atoms with van der Waals surface area (Å²) >= 11 is 0. The molecule has 5 heteroatoms. The SMILES string of the molecule is Cc1cccc(COc2cccc(OCCc3ccccn3)c2)c1OCC#N. The molecular formula is C23H22N2O3. The van der Waals surface area contributed by atoms with Crippen LogP contribution in [0.5, 0.6) is 17.2 Å². The van der Waals surface area contributed by atoms with Gasteiger partial charge < -0.3 is 14.2 Å². The van der Waals surface area contributed by atoms with Gasteiger partial charge in [0.2, 0.25) is 0 Å². The van der Waals surface area contributed by atoms with Gasteiger partial charge in [-0.2, -0.15) is 5.26 Å². The van der Waals surface area contributed by atoms with E-state index in [0.29, 0.717) is 24.7 Å². The van der Waals surface area contributed by atoms with Crippen molar-refractivity contribution >= 4 is 0 Å². The number of ether oxygens (including phenoxy) is 3. The molecule has 0 saturated heterocycles. The van der Waals surface area contributed by atoms with Gasteiger partial charge in [0.25, 0.3) is 0 Å². The summed E-state index contributed by atoms with van der Waals surface area (Å²) in [6.45, 7) is 2.86. The predicted molar refractivity (Wildman–Crippen MR) is 106 cm³/mol. The Kier molecular flexibility index (Phi) is 6.86. The Hall–Kier alpha value is -3.52. The molecule has 1 aromatic heterocycles. The van der Waals surface area contributed by atoms with Crippen molar-refractivity contribution in [3.8, 4) is 23.3 Å². The lowest BCUT2D eigenvalue weighted by atomic mass is 10.1. The first kappa shape index (κ1) is 19.2. The van der Waals surface area contributed by atoms with Gasteiger partial charge in [0.05, 0.1) is 6.61 Å². The van der Waals surface area contributed by atoms with Crippen LogP contribution in [0.3, 0.4) is 0 Å². The summed E-state index contributed by atoms with van der Waals surface area (Å²) < 4.78 is 17.3. The van der Waals surface area contributed by atoms with Gasteiger partial charge in [-0.25, -0.2) is 0 Å². The maximum atomic E-state index is 8.77. The lowest BCUT2D eigenvalue weighted by Gasteiger charge is -2.14. The second kappa shape index (κ2) is 9.98. The molecule has 0 bridgehead atoms. The maximum absolute atomic E-state index is 8.77. The Morgan fingerprint density at radius 2 is 1.75 bits per heavy atom. The molecule has 142 valence electrons. The smallest absolute Gasteiger partial charge is 0.174 e. The molecule has 0 aliphatic rings. The highest BCUT2D eigenvalue weighted by atomic mass is 16.5. The van der Waals surface area contributed by atoms with Crippen molar-refractivity contribution in [2.75, 3.05) is 13.2 Å². The third-order valence-electron chi connectivity index (χ3n) is 4.13. The van der Waals surface area contributed by atoms with Crippen molar-refractivity contribution in [2.24, 2.45) is 0 Å². The fourth-order valence-electron chi connectivity index (χ4n) is 2.77. The Balaban J connectivity index is 1.58. The first-order valence-corrected chi connectivity index (χ1v) is 9.10. The van der Waals surface area contributed by atoms with Crippen LogP contribution in [0.4, 0.5) is 0 Å². The number of aryl methyl sites for hydroxylation is 1. The van der Waals surface area contributed by atoms with Crippen molar-refractivity contribution in [3.05, 3.63) is 83.7 Å². The zero-order chi connectivity index (χ0) is 19.6. The first-order valence-electron chi connectivity index (χ1n) is 9.10. The highest BCUT2D eigenvalue weighted by Crippen LogP contribution is 2.26. The van der Waals surface area contributed by atoms with Crippen LogP contribution in [0.1, 0.15) is 16.8 Å². The fraction of sp³-hybridized carbons (Fsp3) is 0.217. The number of nitrogens with zero attached hydrogens (tertiary/aromatic N) is 2. The third-order valence-corrected chi connectivity index (χ3v) is 4.13. The van der Waals surface area contributed by atoms with Crippen LogP contribution >= 0.6 is 0 Å². The van der Waals surface area contributed by atoms with Crippen LogP contribution < -0.4 is 14.2 Å². The minimum atomic E-state index is 0.0114. The van der Waals surface area contributed by atoms with E-state index >= 15 is 0 Å². The van der Waals surface area contributed by atoms with Crippen LogP contribution in [0.2, 0.25) is 0 Å². The van der Waals surface area contributed by atoms with E-state index < -0.39 is 0 Å². The van der Waals surface area contributed by atoms with E-state index in [4.69, 9.17) is 19.5 Å². The number of para-hydroxylation sites is 1. The molecule has 0 saturated carbocycles. The van der Waals surface area contributed by atoms with Gasteiger partial charge in [0, 0.05) is 29.9 Å². The molecule has 28 heavy (non-hydrogen) atoms. The zero-order valence-corrected chi connectivity index (χ0v) is 15.8. The summed E-state index contributed by atoms with van der Waals surface area (Å²) in [5.41, 5.74) is 2.87. The normalized spacial score (nSPS) is 10.1. The number of hydrogen-bond donors (Lipinski definition) is 0. The molecule has 0 amide bonds. The van der Waals surface area contributed by atoms with Gasteiger partial charge in [0.15, 0.2) is 6.61 Å². The number of rotatable bonds is 9. The minimum Gasteiger partial charge on any atom is -0.493 e. The summed E-state index contributed by atoms with van der Waals surface area (Å²) in [5.74, 6) is 2.16. The molecular weight excluding hydrogens is 352 g/mol. The molecule has 0 N–H and O–H groups in total. The summed E-state index contributed by atoms with van der Waals surface area (Å²) in [7, 11) is 0. The molecule has 3 aromatic rings. The van der Waals surface area contributed by atoms with E-state index in [-0.39, 0.29) is 6.61 Å². The molecule has 0 unspecified atom stereocenters. The van der Waals surface area contributed by atoms with Crippen LogP contribution in [-0.2, 0) is 13.0 Å². The van der Waals surface area contributed by atoms with Gasteiger partial charge in [-0.1, -0.05) is 30.3 Å². The second-order valence-electron chi connectivity index (χ2n) is 6.19. The van der Waals surface area contributed by atoms with E-state index in [9.17, 15) is 0 Å². The average Bonchev–Trinajstić information content (AvgIpc) is 2.73. The number of benzene rings is 2. The molecule has 0 radical (unpaired) electrons. The molecule has 0 atom stereocenters. The lowest BCUT2D eigenvalue weighted by Crippen LogP contribution is -2.04. The highest BCUT2D eigenvalue weighted by molar-refractivity contribution is 5.41. The number of hydrogen-bond acceptors (Lipinski definition) is 5. The number of pyridine rings is 1. The quantitative estimate of drug-likeness (QED) is 0.552. The second-order valence-corrected chi connectivity index (χ2v) is 6.19.